The number of nitrogens with one attached hydrogen (secondary N) is 1. The zero-order chi connectivity index (χ0) is 16.9. The van der Waals surface area contributed by atoms with Crippen LogP contribution in [-0.4, -0.2) is 16.2 Å². The number of anilines is 1. The second-order valence-electron chi connectivity index (χ2n) is 5.15. The van der Waals surface area contributed by atoms with Crippen molar-refractivity contribution in [2.45, 2.75) is 6.92 Å². The first kappa shape index (κ1) is 16.3. The Morgan fingerprint density at radius 3 is 2.46 bits per heavy atom. The maximum Gasteiger partial charge on any atom is 0.161 e. The van der Waals surface area contributed by atoms with Crippen molar-refractivity contribution in [3.05, 3.63) is 76.1 Å². The van der Waals surface area contributed by atoms with Crippen LogP contribution in [0.25, 0.3) is 11.4 Å². The fraction of sp³-hybridized carbons (Fsp3) is 0.0556. The highest BCUT2D eigenvalue weighted by Crippen LogP contribution is 2.20. The predicted molar refractivity (Wildman–Crippen MR) is 97.5 cm³/mol. The van der Waals surface area contributed by atoms with Gasteiger partial charge in [-0.15, -0.1) is 0 Å². The largest absolute Gasteiger partial charge is 0.261 e. The third kappa shape index (κ3) is 4.23. The normalized spacial score (nSPS) is 11.0. The van der Waals surface area contributed by atoms with Crippen molar-refractivity contribution >= 4 is 28.0 Å². The monoisotopic (exact) mass is 384 g/mol. The van der Waals surface area contributed by atoms with Gasteiger partial charge in [0.2, 0.25) is 0 Å². The molecular formula is C18H14BrFN4. The number of rotatable bonds is 4. The number of halogens is 2. The Labute approximate surface area is 147 Å². The second-order valence-corrected chi connectivity index (χ2v) is 6.06. The highest BCUT2D eigenvalue weighted by molar-refractivity contribution is 9.10. The summed E-state index contributed by atoms with van der Waals surface area (Å²) in [6.07, 6.45) is 1.61. The molecule has 0 aliphatic heterocycles. The molecule has 24 heavy (non-hydrogen) atoms. The first-order chi connectivity index (χ1) is 11.6. The van der Waals surface area contributed by atoms with Gasteiger partial charge in [-0.05, 0) is 36.8 Å². The number of hydrogen-bond acceptors (Lipinski definition) is 4. The summed E-state index contributed by atoms with van der Waals surface area (Å²) in [5.41, 5.74) is 5.44. The van der Waals surface area contributed by atoms with Gasteiger partial charge in [0.25, 0.3) is 0 Å². The van der Waals surface area contributed by atoms with E-state index in [4.69, 9.17) is 0 Å². The van der Waals surface area contributed by atoms with Gasteiger partial charge in [0.05, 0.1) is 6.21 Å². The molecule has 0 aliphatic rings. The maximum atomic E-state index is 12.9. The molecule has 4 nitrogen and oxygen atoms in total. The average Bonchev–Trinajstić information content (AvgIpc) is 2.57. The highest BCUT2D eigenvalue weighted by atomic mass is 79.9. The van der Waals surface area contributed by atoms with Crippen LogP contribution in [0.2, 0.25) is 0 Å². The molecule has 1 heterocycles. The van der Waals surface area contributed by atoms with Crippen LogP contribution in [0.15, 0.2) is 64.2 Å². The van der Waals surface area contributed by atoms with E-state index >= 15 is 0 Å². The fourth-order valence-electron chi connectivity index (χ4n) is 2.08. The molecule has 1 N–H and O–H groups in total. The summed E-state index contributed by atoms with van der Waals surface area (Å²) in [5, 5.41) is 4.14. The van der Waals surface area contributed by atoms with Crippen LogP contribution in [0.4, 0.5) is 10.2 Å². The van der Waals surface area contributed by atoms with Gasteiger partial charge in [0.1, 0.15) is 5.82 Å². The van der Waals surface area contributed by atoms with Crippen LogP contribution in [0.3, 0.4) is 0 Å². The van der Waals surface area contributed by atoms with Gasteiger partial charge in [-0.3, -0.25) is 5.43 Å². The smallest absolute Gasteiger partial charge is 0.161 e. The van der Waals surface area contributed by atoms with Gasteiger partial charge in [0, 0.05) is 21.8 Å². The molecule has 0 radical (unpaired) electrons. The Morgan fingerprint density at radius 1 is 1.04 bits per heavy atom. The predicted octanol–water partition coefficient (Wildman–Crippen LogP) is 4.80. The molecule has 0 unspecified atom stereocenters. The lowest BCUT2D eigenvalue weighted by atomic mass is 10.2. The van der Waals surface area contributed by atoms with Crippen LogP contribution in [0, 0.1) is 12.7 Å². The van der Waals surface area contributed by atoms with Crippen LogP contribution in [-0.2, 0) is 0 Å². The number of hydrogen-bond donors (Lipinski definition) is 1. The van der Waals surface area contributed by atoms with Crippen LogP contribution < -0.4 is 5.43 Å². The van der Waals surface area contributed by atoms with E-state index in [9.17, 15) is 4.39 Å². The van der Waals surface area contributed by atoms with Gasteiger partial charge in [-0.25, -0.2) is 14.4 Å². The molecule has 0 saturated heterocycles. The fourth-order valence-corrected chi connectivity index (χ4v) is 2.34. The van der Waals surface area contributed by atoms with Crippen molar-refractivity contribution in [1.29, 1.82) is 0 Å². The molecule has 2 aromatic carbocycles. The minimum Gasteiger partial charge on any atom is -0.261 e. The highest BCUT2D eigenvalue weighted by Gasteiger charge is 2.04. The van der Waals surface area contributed by atoms with E-state index in [2.05, 4.69) is 36.4 Å². The Morgan fingerprint density at radius 2 is 1.75 bits per heavy atom. The van der Waals surface area contributed by atoms with E-state index in [-0.39, 0.29) is 5.82 Å². The molecule has 1 aromatic heterocycles. The Hall–Kier alpha value is -2.60. The molecular weight excluding hydrogens is 371 g/mol. The average molecular weight is 385 g/mol. The van der Waals surface area contributed by atoms with Crippen LogP contribution >= 0.6 is 15.9 Å². The third-order valence-electron chi connectivity index (χ3n) is 3.22. The summed E-state index contributed by atoms with van der Waals surface area (Å²) in [5.74, 6) is 0.950. The van der Waals surface area contributed by atoms with E-state index in [0.29, 0.717) is 11.6 Å². The summed E-state index contributed by atoms with van der Waals surface area (Å²) in [7, 11) is 0. The molecule has 3 rings (SSSR count). The zero-order valence-corrected chi connectivity index (χ0v) is 14.5. The topological polar surface area (TPSA) is 50.2 Å². The van der Waals surface area contributed by atoms with E-state index < -0.39 is 0 Å². The Balaban J connectivity index is 1.78. The first-order valence-electron chi connectivity index (χ1n) is 7.26. The first-order valence-corrected chi connectivity index (χ1v) is 8.06. The van der Waals surface area contributed by atoms with Crippen molar-refractivity contribution in [3.8, 4) is 11.4 Å². The standard InChI is InChI=1S/C18H14BrFN4/c1-12-10-17(24-21-11-13-2-8-16(20)9-3-13)23-18(22-12)14-4-6-15(19)7-5-14/h2-11H,1H3,(H,22,23,24). The summed E-state index contributed by atoms with van der Waals surface area (Å²) < 4.78 is 13.9. The Kier molecular flexibility index (Phi) is 4.96. The summed E-state index contributed by atoms with van der Waals surface area (Å²) in [6, 6.07) is 15.7. The summed E-state index contributed by atoms with van der Waals surface area (Å²) in [4.78, 5) is 8.92. The lowest BCUT2D eigenvalue weighted by Gasteiger charge is -2.05. The molecule has 0 aliphatic carbocycles. The maximum absolute atomic E-state index is 12.9. The van der Waals surface area contributed by atoms with Gasteiger partial charge < -0.3 is 0 Å². The zero-order valence-electron chi connectivity index (χ0n) is 12.9. The number of nitrogens with zero attached hydrogens (tertiary/aromatic N) is 3. The van der Waals surface area contributed by atoms with Crippen molar-refractivity contribution < 1.29 is 4.39 Å². The second kappa shape index (κ2) is 7.31. The van der Waals surface area contributed by atoms with E-state index in [1.54, 1.807) is 18.3 Å². The molecule has 3 aromatic rings. The van der Waals surface area contributed by atoms with Crippen molar-refractivity contribution in [3.63, 3.8) is 0 Å². The van der Waals surface area contributed by atoms with Crippen LogP contribution in [0.5, 0.6) is 0 Å². The van der Waals surface area contributed by atoms with Gasteiger partial charge in [0.15, 0.2) is 11.6 Å². The molecule has 0 amide bonds. The van der Waals surface area contributed by atoms with E-state index in [1.807, 2.05) is 37.3 Å². The van der Waals surface area contributed by atoms with Crippen LogP contribution in [0.1, 0.15) is 11.3 Å². The van der Waals surface area contributed by atoms with Gasteiger partial charge in [-0.1, -0.05) is 40.2 Å². The molecule has 0 saturated carbocycles. The molecule has 0 fully saturated rings. The Bertz CT molecular complexity index is 861. The lowest BCUT2D eigenvalue weighted by Crippen LogP contribution is -1.99. The lowest BCUT2D eigenvalue weighted by molar-refractivity contribution is 0.628. The number of aromatic nitrogens is 2. The number of hydrazone groups is 1. The van der Waals surface area contributed by atoms with Crippen molar-refractivity contribution in [1.82, 2.24) is 9.97 Å². The molecule has 120 valence electrons. The van der Waals surface area contributed by atoms with Crippen molar-refractivity contribution in [2.75, 3.05) is 5.43 Å². The third-order valence-corrected chi connectivity index (χ3v) is 3.75. The quantitative estimate of drug-likeness (QED) is 0.519. The van der Waals surface area contributed by atoms with Crippen molar-refractivity contribution in [2.24, 2.45) is 5.10 Å². The number of benzene rings is 2. The molecule has 0 spiro atoms. The molecule has 0 bridgehead atoms. The van der Waals surface area contributed by atoms with Gasteiger partial charge in [-0.2, -0.15) is 5.10 Å². The summed E-state index contributed by atoms with van der Waals surface area (Å²) in [6.45, 7) is 1.90. The minimum absolute atomic E-state index is 0.273. The molecule has 0 atom stereocenters. The molecule has 6 heteroatoms. The summed E-state index contributed by atoms with van der Waals surface area (Å²) >= 11 is 3.41. The number of aryl methyl sites for hydroxylation is 1. The minimum atomic E-state index is -0.273. The van der Waals surface area contributed by atoms with E-state index in [1.165, 1.54) is 12.1 Å². The van der Waals surface area contributed by atoms with Gasteiger partial charge >= 0.3 is 0 Å². The SMILES string of the molecule is Cc1cc(NN=Cc2ccc(F)cc2)nc(-c2ccc(Br)cc2)n1. The van der Waals surface area contributed by atoms with E-state index in [0.717, 1.165) is 21.3 Å².